The molecule has 3 N–H and O–H groups in total. The van der Waals surface area contributed by atoms with Gasteiger partial charge in [0, 0.05) is 13.1 Å². The van der Waals surface area contributed by atoms with Crippen LogP contribution in [0.3, 0.4) is 0 Å². The monoisotopic (exact) mass is 290 g/mol. The van der Waals surface area contributed by atoms with Gasteiger partial charge in [-0.05, 0) is 27.2 Å². The first-order valence-corrected chi connectivity index (χ1v) is 7.35. The molecular weight excluding hydrogens is 260 g/mol. The summed E-state index contributed by atoms with van der Waals surface area (Å²) in [5, 5.41) is 15.5. The van der Waals surface area contributed by atoms with Crippen LogP contribution in [0.5, 0.6) is 0 Å². The lowest BCUT2D eigenvalue weighted by atomic mass is 10.2. The Balaban J connectivity index is 3.56. The minimum Gasteiger partial charge on any atom is -0.389 e. The maximum absolute atomic E-state index is 11.6. The summed E-state index contributed by atoms with van der Waals surface area (Å²) in [7, 11) is 0. The molecular formula is C14H30N2O4. The van der Waals surface area contributed by atoms with Crippen molar-refractivity contribution in [3.63, 3.8) is 0 Å². The summed E-state index contributed by atoms with van der Waals surface area (Å²) in [6.45, 7) is 9.91. The minimum atomic E-state index is -0.629. The zero-order valence-corrected chi connectivity index (χ0v) is 13.1. The predicted octanol–water partition coefficient (Wildman–Crippen LogP) is 0.293. The third-order valence-electron chi connectivity index (χ3n) is 2.59. The summed E-state index contributed by atoms with van der Waals surface area (Å²) < 4.78 is 10.6. The Hall–Kier alpha value is -0.690. The van der Waals surface area contributed by atoms with E-state index in [1.165, 1.54) is 0 Å². The molecule has 0 aliphatic rings. The second-order valence-electron chi connectivity index (χ2n) is 5.07. The van der Waals surface area contributed by atoms with Gasteiger partial charge in [0.15, 0.2) is 0 Å². The summed E-state index contributed by atoms with van der Waals surface area (Å²) in [6.07, 6.45) is 0.469. The van der Waals surface area contributed by atoms with E-state index in [4.69, 9.17) is 9.47 Å². The van der Waals surface area contributed by atoms with E-state index in [2.05, 4.69) is 10.6 Å². The molecule has 0 saturated carbocycles. The van der Waals surface area contributed by atoms with Gasteiger partial charge in [-0.2, -0.15) is 0 Å². The fraction of sp³-hybridized carbons (Fsp3) is 0.929. The Kier molecular flexibility index (Phi) is 11.7. The van der Waals surface area contributed by atoms with E-state index in [-0.39, 0.29) is 24.7 Å². The highest BCUT2D eigenvalue weighted by molar-refractivity contribution is 5.81. The van der Waals surface area contributed by atoms with E-state index in [9.17, 15) is 9.90 Å². The molecule has 0 fully saturated rings. The van der Waals surface area contributed by atoms with Gasteiger partial charge in [-0.25, -0.2) is 0 Å². The molecule has 0 aromatic rings. The first-order valence-electron chi connectivity index (χ1n) is 7.35. The van der Waals surface area contributed by atoms with Crippen molar-refractivity contribution in [1.82, 2.24) is 10.6 Å². The standard InChI is InChI=1S/C14H30N2O4/c1-5-6-15-14(18)12(4)16-9-13(17)10-19-7-8-20-11(2)3/h11-13,16-17H,5-10H2,1-4H3,(H,15,18). The topological polar surface area (TPSA) is 79.8 Å². The molecule has 20 heavy (non-hydrogen) atoms. The molecule has 0 bridgehead atoms. The number of nitrogens with one attached hydrogen (secondary N) is 2. The molecule has 0 aliphatic carbocycles. The van der Waals surface area contributed by atoms with E-state index < -0.39 is 6.10 Å². The molecule has 2 unspecified atom stereocenters. The summed E-state index contributed by atoms with van der Waals surface area (Å²) in [4.78, 5) is 11.6. The lowest BCUT2D eigenvalue weighted by Crippen LogP contribution is -2.45. The van der Waals surface area contributed by atoms with Crippen LogP contribution in [-0.2, 0) is 14.3 Å². The number of rotatable bonds is 12. The van der Waals surface area contributed by atoms with E-state index in [1.54, 1.807) is 6.92 Å². The lowest BCUT2D eigenvalue weighted by molar-refractivity contribution is -0.122. The number of hydrogen-bond donors (Lipinski definition) is 3. The largest absolute Gasteiger partial charge is 0.389 e. The van der Waals surface area contributed by atoms with Crippen molar-refractivity contribution in [2.75, 3.05) is 32.9 Å². The number of carbonyl (C=O) groups excluding carboxylic acids is 1. The Labute approximate surface area is 122 Å². The van der Waals surface area contributed by atoms with Gasteiger partial charge in [0.2, 0.25) is 5.91 Å². The normalized spacial score (nSPS) is 14.3. The molecule has 6 heteroatoms. The summed E-state index contributed by atoms with van der Waals surface area (Å²) in [6, 6.07) is -0.319. The zero-order chi connectivity index (χ0) is 15.4. The molecule has 0 saturated heterocycles. The van der Waals surface area contributed by atoms with Gasteiger partial charge in [0.25, 0.3) is 0 Å². The maximum Gasteiger partial charge on any atom is 0.236 e. The van der Waals surface area contributed by atoms with Crippen LogP contribution in [0.4, 0.5) is 0 Å². The van der Waals surface area contributed by atoms with Crippen molar-refractivity contribution in [2.24, 2.45) is 0 Å². The Morgan fingerprint density at radius 1 is 1.25 bits per heavy atom. The Morgan fingerprint density at radius 3 is 2.55 bits per heavy atom. The van der Waals surface area contributed by atoms with Crippen molar-refractivity contribution in [1.29, 1.82) is 0 Å². The quantitative estimate of drug-likeness (QED) is 0.450. The van der Waals surface area contributed by atoms with E-state index in [0.29, 0.717) is 26.3 Å². The molecule has 6 nitrogen and oxygen atoms in total. The molecule has 0 aliphatic heterocycles. The average Bonchev–Trinajstić information content (AvgIpc) is 2.41. The van der Waals surface area contributed by atoms with E-state index in [0.717, 1.165) is 6.42 Å². The van der Waals surface area contributed by atoms with Crippen LogP contribution in [0.2, 0.25) is 0 Å². The molecule has 0 rings (SSSR count). The highest BCUT2D eigenvalue weighted by atomic mass is 16.5. The zero-order valence-electron chi connectivity index (χ0n) is 13.1. The summed E-state index contributed by atoms with van der Waals surface area (Å²) >= 11 is 0. The number of hydrogen-bond acceptors (Lipinski definition) is 5. The third-order valence-corrected chi connectivity index (χ3v) is 2.59. The smallest absolute Gasteiger partial charge is 0.236 e. The molecule has 1 amide bonds. The van der Waals surface area contributed by atoms with Crippen LogP contribution in [-0.4, -0.2) is 62.2 Å². The van der Waals surface area contributed by atoms with Crippen LogP contribution in [0, 0.1) is 0 Å². The van der Waals surface area contributed by atoms with Gasteiger partial charge in [0.1, 0.15) is 0 Å². The number of ether oxygens (including phenoxy) is 2. The Bertz CT molecular complexity index is 249. The van der Waals surface area contributed by atoms with Crippen molar-refractivity contribution >= 4 is 5.91 Å². The molecule has 0 heterocycles. The molecule has 0 aromatic heterocycles. The van der Waals surface area contributed by atoms with Gasteiger partial charge >= 0.3 is 0 Å². The highest BCUT2D eigenvalue weighted by Gasteiger charge is 2.13. The van der Waals surface area contributed by atoms with Crippen molar-refractivity contribution in [2.45, 2.75) is 52.4 Å². The predicted molar refractivity (Wildman–Crippen MR) is 78.7 cm³/mol. The van der Waals surface area contributed by atoms with Crippen LogP contribution in [0.1, 0.15) is 34.1 Å². The van der Waals surface area contributed by atoms with Crippen molar-refractivity contribution in [3.05, 3.63) is 0 Å². The lowest BCUT2D eigenvalue weighted by Gasteiger charge is -2.17. The Morgan fingerprint density at radius 2 is 1.95 bits per heavy atom. The highest BCUT2D eigenvalue weighted by Crippen LogP contribution is 1.90. The number of aliphatic hydroxyl groups excluding tert-OH is 1. The molecule has 2 atom stereocenters. The summed E-state index contributed by atoms with van der Waals surface area (Å²) in [5.41, 5.74) is 0. The van der Waals surface area contributed by atoms with Gasteiger partial charge in [-0.3, -0.25) is 4.79 Å². The second kappa shape index (κ2) is 12.1. The van der Waals surface area contributed by atoms with Crippen LogP contribution in [0.25, 0.3) is 0 Å². The maximum atomic E-state index is 11.6. The van der Waals surface area contributed by atoms with Crippen LogP contribution >= 0.6 is 0 Å². The van der Waals surface area contributed by atoms with Gasteiger partial charge in [0.05, 0.1) is 38.1 Å². The average molecular weight is 290 g/mol. The molecule has 0 aromatic carbocycles. The third kappa shape index (κ3) is 11.2. The van der Waals surface area contributed by atoms with Gasteiger partial charge < -0.3 is 25.2 Å². The minimum absolute atomic E-state index is 0.0506. The number of aliphatic hydroxyl groups is 1. The van der Waals surface area contributed by atoms with Gasteiger partial charge in [-0.1, -0.05) is 6.92 Å². The fourth-order valence-electron chi connectivity index (χ4n) is 1.43. The molecule has 0 radical (unpaired) electrons. The van der Waals surface area contributed by atoms with Crippen LogP contribution < -0.4 is 10.6 Å². The van der Waals surface area contributed by atoms with Crippen molar-refractivity contribution in [3.8, 4) is 0 Å². The van der Waals surface area contributed by atoms with E-state index in [1.807, 2.05) is 20.8 Å². The number of carbonyl (C=O) groups is 1. The first-order chi connectivity index (χ1) is 9.47. The fourth-order valence-corrected chi connectivity index (χ4v) is 1.43. The second-order valence-corrected chi connectivity index (χ2v) is 5.07. The van der Waals surface area contributed by atoms with Crippen molar-refractivity contribution < 1.29 is 19.4 Å². The number of amides is 1. The van der Waals surface area contributed by atoms with Gasteiger partial charge in [-0.15, -0.1) is 0 Å². The SMILES string of the molecule is CCCNC(=O)C(C)NCC(O)COCCOC(C)C. The molecule has 0 spiro atoms. The summed E-state index contributed by atoms with van der Waals surface area (Å²) in [5.74, 6) is -0.0506. The van der Waals surface area contributed by atoms with E-state index >= 15 is 0 Å². The molecule has 120 valence electrons. The first kappa shape index (κ1) is 19.3. The van der Waals surface area contributed by atoms with Crippen LogP contribution in [0.15, 0.2) is 0 Å².